The van der Waals surface area contributed by atoms with Gasteiger partial charge in [0.05, 0.1) is 11.3 Å². The van der Waals surface area contributed by atoms with Crippen molar-refractivity contribution in [2.24, 2.45) is 0 Å². The number of carboxylic acids is 1. The van der Waals surface area contributed by atoms with E-state index in [1.807, 2.05) is 36.4 Å². The predicted molar refractivity (Wildman–Crippen MR) is 107 cm³/mol. The van der Waals surface area contributed by atoms with Gasteiger partial charge in [0.25, 0.3) is 0 Å². The van der Waals surface area contributed by atoms with E-state index in [1.54, 1.807) is 22.9 Å². The third-order valence-corrected chi connectivity index (χ3v) is 5.13. The first-order valence-electron chi connectivity index (χ1n) is 9.39. The summed E-state index contributed by atoms with van der Waals surface area (Å²) >= 11 is 0. The molecule has 2 N–H and O–H groups in total. The number of carboxylic acid groups (broad SMARTS) is 1. The number of benzene rings is 2. The molecule has 0 unspecified atom stereocenters. The number of furan rings is 1. The Hall–Kier alpha value is -3.54. The van der Waals surface area contributed by atoms with Crippen molar-refractivity contribution in [3.05, 3.63) is 65.7 Å². The number of hydrogen-bond acceptors (Lipinski definition) is 4. The molecule has 4 aromatic rings. The van der Waals surface area contributed by atoms with Gasteiger partial charge in [0.1, 0.15) is 17.1 Å². The molecule has 2 aromatic carbocycles. The van der Waals surface area contributed by atoms with Crippen LogP contribution in [0, 0.1) is 0 Å². The molecule has 2 aromatic heterocycles. The maximum absolute atomic E-state index is 11.4. The molecule has 0 saturated carbocycles. The zero-order valence-electron chi connectivity index (χ0n) is 15.2. The van der Waals surface area contributed by atoms with Gasteiger partial charge in [0.2, 0.25) is 0 Å². The van der Waals surface area contributed by atoms with E-state index in [1.165, 1.54) is 0 Å². The number of nitrogens with one attached hydrogen (secondary N) is 1. The number of rotatable bonds is 3. The highest BCUT2D eigenvalue weighted by Crippen LogP contribution is 2.36. The quantitative estimate of drug-likeness (QED) is 0.543. The molecule has 140 valence electrons. The first-order chi connectivity index (χ1) is 13.7. The predicted octanol–water partition coefficient (Wildman–Crippen LogP) is 4.73. The molecule has 0 saturated heterocycles. The van der Waals surface area contributed by atoms with Crippen molar-refractivity contribution < 1.29 is 14.3 Å². The topological polar surface area (TPSA) is 80.3 Å². The summed E-state index contributed by atoms with van der Waals surface area (Å²) in [6.07, 6.45) is 3.03. The van der Waals surface area contributed by atoms with E-state index >= 15 is 0 Å². The SMILES string of the molecule is O=C(O)c1cccc(-n2nc(-c3cc4ccccc4o3)c3c2NCCCC3)c1. The molecule has 5 rings (SSSR count). The van der Waals surface area contributed by atoms with Crippen LogP contribution in [0.25, 0.3) is 28.1 Å². The summed E-state index contributed by atoms with van der Waals surface area (Å²) in [4.78, 5) is 11.4. The van der Waals surface area contributed by atoms with E-state index in [0.29, 0.717) is 5.69 Å². The van der Waals surface area contributed by atoms with Crippen molar-refractivity contribution in [2.45, 2.75) is 19.3 Å². The number of anilines is 1. The van der Waals surface area contributed by atoms with E-state index in [2.05, 4.69) is 5.32 Å². The molecule has 1 aliphatic heterocycles. The Morgan fingerprint density at radius 1 is 1.11 bits per heavy atom. The number of carbonyl (C=O) groups is 1. The van der Waals surface area contributed by atoms with Crippen LogP contribution in [0.1, 0.15) is 28.8 Å². The van der Waals surface area contributed by atoms with Gasteiger partial charge >= 0.3 is 5.97 Å². The highest BCUT2D eigenvalue weighted by molar-refractivity contribution is 5.88. The Morgan fingerprint density at radius 2 is 2.00 bits per heavy atom. The number of fused-ring (bicyclic) bond motifs is 2. The van der Waals surface area contributed by atoms with Gasteiger partial charge < -0.3 is 14.8 Å². The largest absolute Gasteiger partial charge is 0.478 e. The Bertz CT molecular complexity index is 1160. The number of aromatic carboxylic acids is 1. The maximum Gasteiger partial charge on any atom is 0.335 e. The second-order valence-electron chi connectivity index (χ2n) is 6.98. The highest BCUT2D eigenvalue weighted by atomic mass is 16.4. The van der Waals surface area contributed by atoms with Crippen LogP contribution in [-0.4, -0.2) is 27.4 Å². The van der Waals surface area contributed by atoms with Crippen molar-refractivity contribution in [3.63, 3.8) is 0 Å². The molecule has 6 nitrogen and oxygen atoms in total. The van der Waals surface area contributed by atoms with Crippen molar-refractivity contribution in [2.75, 3.05) is 11.9 Å². The minimum atomic E-state index is -0.953. The summed E-state index contributed by atoms with van der Waals surface area (Å²) in [5.41, 5.74) is 3.70. The lowest BCUT2D eigenvalue weighted by Gasteiger charge is -2.09. The number of hydrogen-bond donors (Lipinski definition) is 2. The number of aromatic nitrogens is 2. The molecule has 6 heteroatoms. The van der Waals surface area contributed by atoms with E-state index in [-0.39, 0.29) is 5.56 Å². The van der Waals surface area contributed by atoms with Crippen molar-refractivity contribution in [1.82, 2.24) is 9.78 Å². The molecule has 0 aliphatic carbocycles. The molecular weight excluding hydrogens is 354 g/mol. The van der Waals surface area contributed by atoms with Crippen LogP contribution >= 0.6 is 0 Å². The van der Waals surface area contributed by atoms with Gasteiger partial charge in [-0.15, -0.1) is 0 Å². The van der Waals surface area contributed by atoms with Gasteiger partial charge in [-0.1, -0.05) is 24.3 Å². The molecule has 0 radical (unpaired) electrons. The summed E-state index contributed by atoms with van der Waals surface area (Å²) in [7, 11) is 0. The van der Waals surface area contributed by atoms with Gasteiger partial charge in [-0.25, -0.2) is 9.48 Å². The zero-order valence-corrected chi connectivity index (χ0v) is 15.2. The Kier molecular flexibility index (Phi) is 3.90. The third-order valence-electron chi connectivity index (χ3n) is 5.13. The fourth-order valence-corrected chi connectivity index (χ4v) is 3.76. The molecule has 0 fully saturated rings. The summed E-state index contributed by atoms with van der Waals surface area (Å²) in [6, 6.07) is 16.8. The summed E-state index contributed by atoms with van der Waals surface area (Å²) in [5, 5.41) is 18.7. The van der Waals surface area contributed by atoms with Crippen LogP contribution in [-0.2, 0) is 6.42 Å². The Labute approximate surface area is 161 Å². The maximum atomic E-state index is 11.4. The van der Waals surface area contributed by atoms with E-state index in [4.69, 9.17) is 9.52 Å². The second kappa shape index (κ2) is 6.56. The van der Waals surface area contributed by atoms with Gasteiger partial charge in [0, 0.05) is 17.5 Å². The Balaban J connectivity index is 1.70. The molecule has 28 heavy (non-hydrogen) atoms. The van der Waals surface area contributed by atoms with Crippen LogP contribution in [0.2, 0.25) is 0 Å². The average Bonchev–Trinajstić information content (AvgIpc) is 3.21. The van der Waals surface area contributed by atoms with Gasteiger partial charge in [0.15, 0.2) is 5.76 Å². The number of nitrogens with zero attached hydrogens (tertiary/aromatic N) is 2. The fourth-order valence-electron chi connectivity index (χ4n) is 3.76. The van der Waals surface area contributed by atoms with E-state index < -0.39 is 5.97 Å². The average molecular weight is 373 g/mol. The van der Waals surface area contributed by atoms with Crippen LogP contribution in [0.3, 0.4) is 0 Å². The lowest BCUT2D eigenvalue weighted by Crippen LogP contribution is -2.08. The van der Waals surface area contributed by atoms with E-state index in [0.717, 1.165) is 59.6 Å². The third kappa shape index (κ3) is 2.74. The van der Waals surface area contributed by atoms with Crippen LogP contribution < -0.4 is 5.32 Å². The van der Waals surface area contributed by atoms with Crippen molar-refractivity contribution >= 4 is 22.8 Å². The highest BCUT2D eigenvalue weighted by Gasteiger charge is 2.24. The standard InChI is InChI=1S/C22H19N3O3/c26-22(27)15-7-5-8-16(12-15)25-21-17(9-3-4-11-23-21)20(24-25)19-13-14-6-1-2-10-18(14)28-19/h1-2,5-8,10,12-13,23H,3-4,9,11H2,(H,26,27). The molecule has 0 amide bonds. The fraction of sp³-hybridized carbons (Fsp3) is 0.182. The van der Waals surface area contributed by atoms with E-state index in [9.17, 15) is 9.90 Å². The molecule has 3 heterocycles. The van der Waals surface area contributed by atoms with Crippen LogP contribution in [0.5, 0.6) is 0 Å². The summed E-state index contributed by atoms with van der Waals surface area (Å²) < 4.78 is 7.88. The molecule has 0 atom stereocenters. The molecular formula is C22H19N3O3. The lowest BCUT2D eigenvalue weighted by atomic mass is 10.1. The normalized spacial score (nSPS) is 13.7. The number of para-hydroxylation sites is 1. The van der Waals surface area contributed by atoms with Gasteiger partial charge in [-0.2, -0.15) is 5.10 Å². The molecule has 0 bridgehead atoms. The molecule has 1 aliphatic rings. The summed E-state index contributed by atoms with van der Waals surface area (Å²) in [6.45, 7) is 0.858. The Morgan fingerprint density at radius 3 is 2.86 bits per heavy atom. The smallest absolute Gasteiger partial charge is 0.335 e. The first-order valence-corrected chi connectivity index (χ1v) is 9.39. The van der Waals surface area contributed by atoms with Crippen LogP contribution in [0.4, 0.5) is 5.82 Å². The lowest BCUT2D eigenvalue weighted by molar-refractivity contribution is 0.0697. The summed E-state index contributed by atoms with van der Waals surface area (Å²) in [5.74, 6) is 0.690. The minimum absolute atomic E-state index is 0.237. The first kappa shape index (κ1) is 16.6. The minimum Gasteiger partial charge on any atom is -0.478 e. The van der Waals surface area contributed by atoms with Gasteiger partial charge in [-0.05, 0) is 49.6 Å². The monoisotopic (exact) mass is 373 g/mol. The second-order valence-corrected chi connectivity index (χ2v) is 6.98. The van der Waals surface area contributed by atoms with Crippen molar-refractivity contribution in [1.29, 1.82) is 0 Å². The van der Waals surface area contributed by atoms with Crippen molar-refractivity contribution in [3.8, 4) is 17.1 Å². The zero-order chi connectivity index (χ0) is 19.1. The molecule has 0 spiro atoms. The van der Waals surface area contributed by atoms with Gasteiger partial charge in [-0.3, -0.25) is 0 Å². The van der Waals surface area contributed by atoms with Crippen LogP contribution in [0.15, 0.2) is 59.0 Å².